The van der Waals surface area contributed by atoms with E-state index in [1.165, 1.54) is 38.6 Å². The molecule has 1 aliphatic rings. The number of nitrogens with zero attached hydrogens (tertiary/aromatic N) is 3. The summed E-state index contributed by atoms with van der Waals surface area (Å²) in [6.07, 6.45) is 2.24. The summed E-state index contributed by atoms with van der Waals surface area (Å²) < 4.78 is 13.9. The van der Waals surface area contributed by atoms with E-state index in [0.717, 1.165) is 17.8 Å². The van der Waals surface area contributed by atoms with Crippen LogP contribution < -0.4 is 10.1 Å². The first-order chi connectivity index (χ1) is 13.8. The van der Waals surface area contributed by atoms with Crippen LogP contribution in [0.25, 0.3) is 0 Å². The van der Waals surface area contributed by atoms with E-state index in [0.29, 0.717) is 5.56 Å². The summed E-state index contributed by atoms with van der Waals surface area (Å²) in [7, 11) is 2.35. The average molecular weight is 422 g/mol. The van der Waals surface area contributed by atoms with Crippen LogP contribution in [0, 0.1) is 10.1 Å². The van der Waals surface area contributed by atoms with Gasteiger partial charge in [-0.25, -0.2) is 9.59 Å². The number of thioether (sulfide) groups is 1. The molecule has 29 heavy (non-hydrogen) atoms. The van der Waals surface area contributed by atoms with Crippen LogP contribution >= 0.6 is 11.8 Å². The smallest absolute Gasteiger partial charge is 0.343 e. The third-order valence-electron chi connectivity index (χ3n) is 3.21. The van der Waals surface area contributed by atoms with Gasteiger partial charge < -0.3 is 14.2 Å². The summed E-state index contributed by atoms with van der Waals surface area (Å²) in [6, 6.07) is 3.95. The Morgan fingerprint density at radius 1 is 1.31 bits per heavy atom. The number of benzene rings is 1. The molecule has 152 valence electrons. The summed E-state index contributed by atoms with van der Waals surface area (Å²) in [5.41, 5.74) is -0.0523. The fourth-order valence-electron chi connectivity index (χ4n) is 1.86. The lowest BCUT2D eigenvalue weighted by Gasteiger charge is -2.05. The lowest BCUT2D eigenvalue weighted by atomic mass is 10.2. The van der Waals surface area contributed by atoms with E-state index in [2.05, 4.69) is 25.0 Å². The number of nitro benzene ring substituents is 1. The maximum Gasteiger partial charge on any atom is 0.343 e. The summed E-state index contributed by atoms with van der Waals surface area (Å²) in [5.74, 6) is -2.01. The molecule has 0 saturated carbocycles. The normalized spacial score (nSPS) is 16.1. The Hall–Kier alpha value is -3.74. The van der Waals surface area contributed by atoms with E-state index in [1.807, 2.05) is 0 Å². The van der Waals surface area contributed by atoms with Crippen molar-refractivity contribution >= 4 is 46.7 Å². The molecule has 1 aromatic rings. The zero-order valence-corrected chi connectivity index (χ0v) is 15.9. The van der Waals surface area contributed by atoms with Gasteiger partial charge >= 0.3 is 17.6 Å². The number of amidine groups is 1. The van der Waals surface area contributed by atoms with E-state index in [1.54, 1.807) is 0 Å². The summed E-state index contributed by atoms with van der Waals surface area (Å²) >= 11 is 0.883. The van der Waals surface area contributed by atoms with Gasteiger partial charge in [0, 0.05) is 17.7 Å². The van der Waals surface area contributed by atoms with E-state index in [9.17, 15) is 24.5 Å². The van der Waals surface area contributed by atoms with Gasteiger partial charge in [0.2, 0.25) is 0 Å². The molecule has 1 aromatic carbocycles. The van der Waals surface area contributed by atoms with Crippen molar-refractivity contribution in [3.8, 4) is 5.75 Å². The van der Waals surface area contributed by atoms with Crippen LogP contribution in [-0.4, -0.2) is 55.0 Å². The van der Waals surface area contributed by atoms with Crippen molar-refractivity contribution in [3.63, 3.8) is 0 Å². The molecule has 0 aromatic heterocycles. The quantitative estimate of drug-likeness (QED) is 0.220. The standard InChI is InChI=1S/C16H14N4O8S/c1-26-13(21)6-12-15(23)18-16(29-12)19-17-7-9-3-4-11(10(5-9)20(24)25)28-8-14(22)27-2/h3-7H,8H2,1-2H3,(H,18,19,23)/b12-6+,17-7?. The second kappa shape index (κ2) is 9.98. The highest BCUT2D eigenvalue weighted by Gasteiger charge is 2.25. The number of nitro groups is 1. The van der Waals surface area contributed by atoms with Crippen molar-refractivity contribution in [2.75, 3.05) is 20.8 Å². The van der Waals surface area contributed by atoms with Crippen molar-refractivity contribution in [2.24, 2.45) is 10.2 Å². The Morgan fingerprint density at radius 3 is 2.72 bits per heavy atom. The molecule has 1 aliphatic heterocycles. The molecule has 0 unspecified atom stereocenters. The van der Waals surface area contributed by atoms with Crippen LogP contribution in [0.1, 0.15) is 5.56 Å². The molecule has 1 amide bonds. The van der Waals surface area contributed by atoms with Crippen molar-refractivity contribution < 1.29 is 33.5 Å². The molecule has 0 spiro atoms. The summed E-state index contributed by atoms with van der Waals surface area (Å²) in [6.45, 7) is -0.475. The number of rotatable bonds is 7. The monoisotopic (exact) mass is 422 g/mol. The van der Waals surface area contributed by atoms with Gasteiger partial charge in [0.05, 0.1) is 30.3 Å². The van der Waals surface area contributed by atoms with Crippen LogP contribution in [0.4, 0.5) is 5.69 Å². The van der Waals surface area contributed by atoms with E-state index >= 15 is 0 Å². The van der Waals surface area contributed by atoms with E-state index < -0.39 is 29.4 Å². The van der Waals surface area contributed by atoms with E-state index in [-0.39, 0.29) is 21.5 Å². The number of carbonyl (C=O) groups is 3. The number of hydrogen-bond donors (Lipinski definition) is 1. The zero-order chi connectivity index (χ0) is 21.4. The van der Waals surface area contributed by atoms with Gasteiger partial charge in [-0.05, 0) is 23.9 Å². The van der Waals surface area contributed by atoms with Gasteiger partial charge in [-0.2, -0.15) is 5.10 Å². The molecule has 1 saturated heterocycles. The van der Waals surface area contributed by atoms with Gasteiger partial charge in [-0.1, -0.05) is 0 Å². The number of hydrogen-bond acceptors (Lipinski definition) is 11. The number of carbonyl (C=O) groups excluding carboxylic acids is 3. The highest BCUT2D eigenvalue weighted by molar-refractivity contribution is 8.18. The fourth-order valence-corrected chi connectivity index (χ4v) is 2.60. The van der Waals surface area contributed by atoms with Gasteiger partial charge in [-0.15, -0.1) is 5.10 Å². The summed E-state index contributed by atoms with van der Waals surface area (Å²) in [5, 5.41) is 21.3. The molecule has 0 bridgehead atoms. The summed E-state index contributed by atoms with van der Waals surface area (Å²) in [4.78, 5) is 44.6. The molecule has 0 aliphatic carbocycles. The van der Waals surface area contributed by atoms with Gasteiger partial charge in [0.1, 0.15) is 0 Å². The number of amides is 1. The van der Waals surface area contributed by atoms with Crippen molar-refractivity contribution in [1.29, 1.82) is 0 Å². The lowest BCUT2D eigenvalue weighted by Crippen LogP contribution is -2.19. The zero-order valence-electron chi connectivity index (χ0n) is 15.1. The predicted octanol–water partition coefficient (Wildman–Crippen LogP) is 0.756. The van der Waals surface area contributed by atoms with Crippen LogP contribution in [0.2, 0.25) is 0 Å². The lowest BCUT2D eigenvalue weighted by molar-refractivity contribution is -0.385. The topological polar surface area (TPSA) is 159 Å². The first kappa shape index (κ1) is 21.6. The molecule has 12 nitrogen and oxygen atoms in total. The molecule has 1 heterocycles. The third kappa shape index (κ3) is 6.14. The predicted molar refractivity (Wildman–Crippen MR) is 101 cm³/mol. The Morgan fingerprint density at radius 2 is 2.07 bits per heavy atom. The van der Waals surface area contributed by atoms with Gasteiger partial charge in [0.15, 0.2) is 17.5 Å². The molecule has 0 atom stereocenters. The van der Waals surface area contributed by atoms with Crippen molar-refractivity contribution in [3.05, 3.63) is 44.9 Å². The van der Waals surface area contributed by atoms with Crippen LogP contribution in [-0.2, 0) is 23.9 Å². The number of ether oxygens (including phenoxy) is 3. The first-order valence-corrected chi connectivity index (χ1v) is 8.53. The van der Waals surface area contributed by atoms with Crippen molar-refractivity contribution in [1.82, 2.24) is 5.32 Å². The molecule has 13 heteroatoms. The highest BCUT2D eigenvalue weighted by atomic mass is 32.2. The Kier molecular flexibility index (Phi) is 7.42. The van der Waals surface area contributed by atoms with Crippen LogP contribution in [0.5, 0.6) is 5.75 Å². The minimum Gasteiger partial charge on any atom is -0.475 e. The van der Waals surface area contributed by atoms with Gasteiger partial charge in [0.25, 0.3) is 5.91 Å². The molecule has 2 rings (SSSR count). The van der Waals surface area contributed by atoms with E-state index in [4.69, 9.17) is 4.74 Å². The SMILES string of the molecule is COC(=O)/C=C1/S/C(=N\N=Cc2ccc(OCC(=O)OC)c([N+](=O)[O-])c2)NC1=O. The maximum atomic E-state index is 11.7. The largest absolute Gasteiger partial charge is 0.475 e. The molecule has 1 fully saturated rings. The molecule has 1 N–H and O–H groups in total. The number of esters is 2. The Balaban J connectivity index is 2.11. The Bertz CT molecular complexity index is 941. The molecular formula is C16H14N4O8S. The number of nitrogens with one attached hydrogen (secondary N) is 1. The molecular weight excluding hydrogens is 408 g/mol. The number of methoxy groups -OCH3 is 2. The average Bonchev–Trinajstić information content (AvgIpc) is 3.05. The second-order valence-electron chi connectivity index (χ2n) is 5.09. The van der Waals surface area contributed by atoms with Crippen molar-refractivity contribution in [2.45, 2.75) is 0 Å². The Labute approximate surface area is 167 Å². The second-order valence-corrected chi connectivity index (χ2v) is 6.12. The maximum absolute atomic E-state index is 11.7. The first-order valence-electron chi connectivity index (χ1n) is 7.72. The highest BCUT2D eigenvalue weighted by Crippen LogP contribution is 2.27. The van der Waals surface area contributed by atoms with Crippen LogP contribution in [0.3, 0.4) is 0 Å². The minimum absolute atomic E-state index is 0.0912. The van der Waals surface area contributed by atoms with Crippen LogP contribution in [0.15, 0.2) is 39.4 Å². The fraction of sp³-hybridized carbons (Fsp3) is 0.188. The molecule has 0 radical (unpaired) electrons. The van der Waals surface area contributed by atoms with Gasteiger partial charge in [-0.3, -0.25) is 20.2 Å². The minimum atomic E-state index is -0.686. The third-order valence-corrected chi connectivity index (χ3v) is 4.11.